The Balaban J connectivity index is 0.000000197. The number of aromatic carboxylic acids is 1. The number of rotatable bonds is 2. The number of amides is 2. The third-order valence-corrected chi connectivity index (χ3v) is 4.46. The minimum absolute atomic E-state index is 0.118. The number of hydrogen-bond donors (Lipinski definition) is 1. The number of piperazine rings is 1. The molecule has 2 amide bonds. The van der Waals surface area contributed by atoms with E-state index >= 15 is 0 Å². The summed E-state index contributed by atoms with van der Waals surface area (Å²) < 4.78 is 9.37. The fourth-order valence-corrected chi connectivity index (χ4v) is 3.13. The van der Waals surface area contributed by atoms with Gasteiger partial charge in [-0.3, -0.25) is 9.59 Å². The van der Waals surface area contributed by atoms with Gasteiger partial charge >= 0.3 is 5.97 Å². The Bertz CT molecular complexity index is 857. The van der Waals surface area contributed by atoms with Crippen molar-refractivity contribution in [2.45, 2.75) is 32.7 Å². The van der Waals surface area contributed by atoms with E-state index in [4.69, 9.17) is 9.63 Å². The molecule has 1 atom stereocenters. The van der Waals surface area contributed by atoms with Gasteiger partial charge in [-0.1, -0.05) is 10.3 Å². The number of aryl methyl sites for hydroxylation is 2. The van der Waals surface area contributed by atoms with Gasteiger partial charge in [-0.05, 0) is 20.3 Å². The van der Waals surface area contributed by atoms with Gasteiger partial charge in [0.15, 0.2) is 0 Å². The summed E-state index contributed by atoms with van der Waals surface area (Å²) in [7, 11) is 0. The SMILES string of the molecule is Cc1cc(C(=O)N2CCN3C(=O)CC[C@H]3C2)on1.Cc1cc(C(=O)O)on1. The number of carbonyl (C=O) groups is 3. The maximum Gasteiger partial charge on any atom is 0.374 e. The van der Waals surface area contributed by atoms with Crippen LogP contribution in [0.25, 0.3) is 0 Å². The number of carboxylic acids is 1. The van der Waals surface area contributed by atoms with Crippen LogP contribution in [-0.4, -0.2) is 68.7 Å². The van der Waals surface area contributed by atoms with E-state index in [2.05, 4.69) is 14.8 Å². The van der Waals surface area contributed by atoms with E-state index in [1.54, 1.807) is 24.8 Å². The fourth-order valence-electron chi connectivity index (χ4n) is 3.13. The Hall–Kier alpha value is -3.17. The van der Waals surface area contributed by atoms with Gasteiger partial charge < -0.3 is 24.0 Å². The molecule has 0 spiro atoms. The first-order valence-corrected chi connectivity index (χ1v) is 8.54. The fraction of sp³-hybridized carbons (Fsp3) is 0.471. The predicted molar refractivity (Wildman–Crippen MR) is 90.1 cm³/mol. The van der Waals surface area contributed by atoms with Gasteiger partial charge in [0.1, 0.15) is 0 Å². The zero-order valence-corrected chi connectivity index (χ0v) is 15.0. The molecule has 4 heterocycles. The van der Waals surface area contributed by atoms with Crippen LogP contribution in [0.2, 0.25) is 0 Å². The second-order valence-electron chi connectivity index (χ2n) is 6.50. The Kier molecular flexibility index (Phi) is 5.24. The molecular formula is C17H20N4O6. The van der Waals surface area contributed by atoms with Crippen molar-refractivity contribution in [2.75, 3.05) is 19.6 Å². The maximum atomic E-state index is 12.2. The summed E-state index contributed by atoms with van der Waals surface area (Å²) in [5.41, 5.74) is 1.28. The molecule has 144 valence electrons. The van der Waals surface area contributed by atoms with Crippen LogP contribution in [0.15, 0.2) is 21.2 Å². The number of carboxylic acid groups (broad SMARTS) is 1. The lowest BCUT2D eigenvalue weighted by atomic mass is 10.1. The van der Waals surface area contributed by atoms with Crippen molar-refractivity contribution in [1.82, 2.24) is 20.1 Å². The van der Waals surface area contributed by atoms with Crippen LogP contribution in [-0.2, 0) is 4.79 Å². The molecule has 27 heavy (non-hydrogen) atoms. The summed E-state index contributed by atoms with van der Waals surface area (Å²) in [6, 6.07) is 3.19. The van der Waals surface area contributed by atoms with Crippen LogP contribution in [0.1, 0.15) is 45.3 Å². The average molecular weight is 376 g/mol. The van der Waals surface area contributed by atoms with Gasteiger partial charge in [0, 0.05) is 44.2 Å². The third-order valence-electron chi connectivity index (χ3n) is 4.46. The molecule has 2 saturated heterocycles. The number of aromatic nitrogens is 2. The van der Waals surface area contributed by atoms with Crippen LogP contribution < -0.4 is 0 Å². The number of hydrogen-bond acceptors (Lipinski definition) is 7. The van der Waals surface area contributed by atoms with Crippen molar-refractivity contribution < 1.29 is 28.5 Å². The zero-order chi connectivity index (χ0) is 19.6. The summed E-state index contributed by atoms with van der Waals surface area (Å²) in [6.07, 6.45) is 1.45. The van der Waals surface area contributed by atoms with E-state index in [1.807, 2.05) is 4.90 Å². The molecule has 2 fully saturated rings. The Morgan fingerprint density at radius 1 is 1.11 bits per heavy atom. The molecule has 2 aliphatic rings. The summed E-state index contributed by atoms with van der Waals surface area (Å²) in [5, 5.41) is 15.4. The molecule has 0 radical (unpaired) electrons. The summed E-state index contributed by atoms with van der Waals surface area (Å²) >= 11 is 0. The molecule has 4 rings (SSSR count). The Labute approximate surface area is 154 Å². The van der Waals surface area contributed by atoms with Gasteiger partial charge in [0.05, 0.1) is 11.4 Å². The van der Waals surface area contributed by atoms with Gasteiger partial charge in [0.2, 0.25) is 17.4 Å². The van der Waals surface area contributed by atoms with E-state index in [0.717, 1.165) is 6.42 Å². The molecule has 0 saturated carbocycles. The lowest BCUT2D eigenvalue weighted by molar-refractivity contribution is -0.130. The first-order valence-electron chi connectivity index (χ1n) is 8.54. The quantitative estimate of drug-likeness (QED) is 0.825. The standard InChI is InChI=1S/C12H15N3O3.C5H5NO3/c1-8-6-10(18-13-8)12(17)14-4-5-15-9(7-14)2-3-11(15)16;1-3-2-4(5(7)8)9-6-3/h6,9H,2-5,7H2,1H3;2H,1H3,(H,7,8)/t9-;/m0./s1. The van der Waals surface area contributed by atoms with Crippen molar-refractivity contribution >= 4 is 17.8 Å². The lowest BCUT2D eigenvalue weighted by Gasteiger charge is -2.37. The van der Waals surface area contributed by atoms with Crippen molar-refractivity contribution in [1.29, 1.82) is 0 Å². The van der Waals surface area contributed by atoms with Crippen molar-refractivity contribution in [2.24, 2.45) is 0 Å². The van der Waals surface area contributed by atoms with Crippen molar-refractivity contribution in [3.05, 3.63) is 35.0 Å². The minimum Gasteiger partial charge on any atom is -0.475 e. The zero-order valence-electron chi connectivity index (χ0n) is 15.0. The maximum absolute atomic E-state index is 12.2. The van der Waals surface area contributed by atoms with Crippen molar-refractivity contribution in [3.63, 3.8) is 0 Å². The van der Waals surface area contributed by atoms with E-state index < -0.39 is 5.97 Å². The van der Waals surface area contributed by atoms with Crippen LogP contribution in [0, 0.1) is 13.8 Å². The molecule has 0 bridgehead atoms. The normalized spacial score (nSPS) is 18.7. The Morgan fingerprint density at radius 2 is 1.74 bits per heavy atom. The average Bonchev–Trinajstić information content (AvgIpc) is 3.36. The molecule has 10 heteroatoms. The van der Waals surface area contributed by atoms with Gasteiger partial charge in [-0.25, -0.2) is 4.79 Å². The molecule has 2 aromatic rings. The predicted octanol–water partition coefficient (Wildman–Crippen LogP) is 1.11. The molecule has 0 aliphatic carbocycles. The first kappa shape index (κ1) is 18.6. The highest BCUT2D eigenvalue weighted by Gasteiger charge is 2.37. The largest absolute Gasteiger partial charge is 0.475 e. The molecule has 2 aromatic heterocycles. The third kappa shape index (κ3) is 4.15. The van der Waals surface area contributed by atoms with E-state index in [0.29, 0.717) is 37.4 Å². The number of fused-ring (bicyclic) bond motifs is 1. The van der Waals surface area contributed by atoms with Gasteiger partial charge in [-0.15, -0.1) is 0 Å². The summed E-state index contributed by atoms with van der Waals surface area (Å²) in [4.78, 5) is 37.4. The van der Waals surface area contributed by atoms with Crippen LogP contribution in [0.3, 0.4) is 0 Å². The van der Waals surface area contributed by atoms with Crippen molar-refractivity contribution in [3.8, 4) is 0 Å². The monoisotopic (exact) mass is 376 g/mol. The first-order chi connectivity index (χ1) is 12.8. The van der Waals surface area contributed by atoms with Crippen LogP contribution in [0.4, 0.5) is 0 Å². The molecule has 2 aliphatic heterocycles. The highest BCUT2D eigenvalue weighted by Crippen LogP contribution is 2.23. The molecule has 0 unspecified atom stereocenters. The second-order valence-corrected chi connectivity index (χ2v) is 6.50. The lowest BCUT2D eigenvalue weighted by Crippen LogP contribution is -2.53. The highest BCUT2D eigenvalue weighted by atomic mass is 16.5. The minimum atomic E-state index is -1.09. The summed E-state index contributed by atoms with van der Waals surface area (Å²) in [6.45, 7) is 5.25. The molecule has 10 nitrogen and oxygen atoms in total. The van der Waals surface area contributed by atoms with E-state index in [9.17, 15) is 14.4 Å². The molecular weight excluding hydrogens is 356 g/mol. The topological polar surface area (TPSA) is 130 Å². The smallest absolute Gasteiger partial charge is 0.374 e. The van der Waals surface area contributed by atoms with Crippen LogP contribution in [0.5, 0.6) is 0 Å². The number of nitrogens with zero attached hydrogens (tertiary/aromatic N) is 4. The van der Waals surface area contributed by atoms with Gasteiger partial charge in [-0.2, -0.15) is 0 Å². The second kappa shape index (κ2) is 7.60. The molecule has 0 aromatic carbocycles. The Morgan fingerprint density at radius 3 is 2.26 bits per heavy atom. The van der Waals surface area contributed by atoms with E-state index in [1.165, 1.54) is 6.07 Å². The van der Waals surface area contributed by atoms with Crippen LogP contribution >= 0.6 is 0 Å². The molecule has 1 N–H and O–H groups in total. The van der Waals surface area contributed by atoms with Gasteiger partial charge in [0.25, 0.3) is 5.91 Å². The van der Waals surface area contributed by atoms with E-state index in [-0.39, 0.29) is 29.4 Å². The number of carbonyl (C=O) groups excluding carboxylic acids is 2. The summed E-state index contributed by atoms with van der Waals surface area (Å²) in [5.74, 6) is -0.842. The highest BCUT2D eigenvalue weighted by molar-refractivity contribution is 5.92.